The number of nitrogens with zero attached hydrogens (tertiary/aromatic N) is 1. The molecule has 0 bridgehead atoms. The number of hydrogen-bond acceptors (Lipinski definition) is 2. The average molecular weight is 418 g/mol. The molecule has 3 heteroatoms. The van der Waals surface area contributed by atoms with Crippen molar-refractivity contribution in [3.05, 3.63) is 10.1 Å². The quantitative estimate of drug-likeness (QED) is 0.327. The molecule has 0 heterocycles. The van der Waals surface area contributed by atoms with Gasteiger partial charge < -0.3 is 0 Å². The minimum Gasteiger partial charge on any atom is -0.264 e. The normalized spacial score (nSPS) is 46.7. The summed E-state index contributed by atoms with van der Waals surface area (Å²) in [6, 6.07) is -0.268. The highest BCUT2D eigenvalue weighted by Gasteiger charge is 2.62. The van der Waals surface area contributed by atoms with E-state index in [0.717, 1.165) is 54.8 Å². The Balaban J connectivity index is 1.49. The van der Waals surface area contributed by atoms with E-state index >= 15 is 0 Å². The Morgan fingerprint density at radius 3 is 2.27 bits per heavy atom. The first-order chi connectivity index (χ1) is 14.2. The number of hydrogen-bond donors (Lipinski definition) is 0. The Bertz CT molecular complexity index is 632. The molecule has 0 radical (unpaired) electrons. The van der Waals surface area contributed by atoms with Crippen LogP contribution >= 0.6 is 0 Å². The standard InChI is InChI=1S/C27H47NO2/c1-18(2)8-6-9-19(3)21-13-14-22-20-11-12-24-25(28(29)30)10-7-16-26(24,4)23(20)15-17-27(21,22)5/h18-25H,6-17H2,1-5H3/t19-,20+,21+,22-,23+,24+,25-,26-,27+/m1/s1. The third kappa shape index (κ3) is 3.64. The molecule has 4 saturated carbocycles. The summed E-state index contributed by atoms with van der Waals surface area (Å²) < 4.78 is 0. The molecule has 3 nitrogen and oxygen atoms in total. The van der Waals surface area contributed by atoms with Crippen LogP contribution < -0.4 is 0 Å². The van der Waals surface area contributed by atoms with Crippen molar-refractivity contribution in [3.63, 3.8) is 0 Å². The highest BCUT2D eigenvalue weighted by atomic mass is 16.6. The monoisotopic (exact) mass is 417 g/mol. The van der Waals surface area contributed by atoms with Gasteiger partial charge in [0.2, 0.25) is 6.04 Å². The Kier molecular flexibility index (Phi) is 6.32. The maximum atomic E-state index is 11.8. The van der Waals surface area contributed by atoms with Crippen molar-refractivity contribution in [2.24, 2.45) is 52.3 Å². The topological polar surface area (TPSA) is 43.1 Å². The second-order valence-electron chi connectivity index (χ2n) is 12.8. The predicted octanol–water partition coefficient (Wildman–Crippen LogP) is 7.75. The van der Waals surface area contributed by atoms with Crippen LogP contribution in [0.4, 0.5) is 0 Å². The molecule has 0 N–H and O–H groups in total. The van der Waals surface area contributed by atoms with Gasteiger partial charge >= 0.3 is 0 Å². The second-order valence-corrected chi connectivity index (χ2v) is 12.8. The summed E-state index contributed by atoms with van der Waals surface area (Å²) in [5.74, 6) is 5.38. The molecule has 4 aliphatic rings. The van der Waals surface area contributed by atoms with Crippen molar-refractivity contribution in [1.82, 2.24) is 0 Å². The van der Waals surface area contributed by atoms with Gasteiger partial charge in [-0.1, -0.05) is 53.9 Å². The maximum Gasteiger partial charge on any atom is 0.216 e. The molecule has 4 fully saturated rings. The molecule has 0 unspecified atom stereocenters. The van der Waals surface area contributed by atoms with Crippen molar-refractivity contribution >= 4 is 0 Å². The van der Waals surface area contributed by atoms with Crippen LogP contribution in [0.1, 0.15) is 112 Å². The van der Waals surface area contributed by atoms with Crippen molar-refractivity contribution in [1.29, 1.82) is 0 Å². The van der Waals surface area contributed by atoms with E-state index in [4.69, 9.17) is 0 Å². The zero-order valence-electron chi connectivity index (χ0n) is 20.4. The lowest BCUT2D eigenvalue weighted by Crippen LogP contribution is -2.56. The van der Waals surface area contributed by atoms with Gasteiger partial charge in [-0.2, -0.15) is 0 Å². The van der Waals surface area contributed by atoms with Gasteiger partial charge in [-0.3, -0.25) is 10.1 Å². The molecule has 0 spiro atoms. The largest absolute Gasteiger partial charge is 0.264 e. The smallest absolute Gasteiger partial charge is 0.216 e. The summed E-state index contributed by atoms with van der Waals surface area (Å²) in [5, 5.41) is 11.8. The summed E-state index contributed by atoms with van der Waals surface area (Å²) in [4.78, 5) is 11.9. The molecule has 4 aliphatic carbocycles. The van der Waals surface area contributed by atoms with Crippen LogP contribution in [0, 0.1) is 62.4 Å². The zero-order chi connectivity index (χ0) is 21.7. The Hall–Kier alpha value is -0.600. The lowest BCUT2D eigenvalue weighted by molar-refractivity contribution is -0.543. The van der Waals surface area contributed by atoms with Crippen LogP contribution in [0.5, 0.6) is 0 Å². The third-order valence-corrected chi connectivity index (χ3v) is 11.1. The fourth-order valence-electron chi connectivity index (χ4n) is 9.66. The summed E-state index contributed by atoms with van der Waals surface area (Å²) in [7, 11) is 0. The van der Waals surface area contributed by atoms with Crippen molar-refractivity contribution in [2.75, 3.05) is 0 Å². The summed E-state index contributed by atoms with van der Waals surface area (Å²) >= 11 is 0. The Morgan fingerprint density at radius 1 is 0.867 bits per heavy atom. The zero-order valence-corrected chi connectivity index (χ0v) is 20.4. The molecule has 172 valence electrons. The van der Waals surface area contributed by atoms with Crippen LogP contribution in [0.15, 0.2) is 0 Å². The van der Waals surface area contributed by atoms with Crippen LogP contribution in [-0.4, -0.2) is 11.0 Å². The summed E-state index contributed by atoms with van der Waals surface area (Å²) in [5.41, 5.74) is 0.750. The van der Waals surface area contributed by atoms with E-state index in [1.54, 1.807) is 0 Å². The van der Waals surface area contributed by atoms with E-state index in [9.17, 15) is 10.1 Å². The van der Waals surface area contributed by atoms with Gasteiger partial charge in [0.15, 0.2) is 0 Å². The summed E-state index contributed by atoms with van der Waals surface area (Å²) in [6.45, 7) is 12.4. The van der Waals surface area contributed by atoms with Crippen LogP contribution in [-0.2, 0) is 0 Å². The molecule has 0 aromatic carbocycles. The molecule has 0 amide bonds. The summed E-state index contributed by atoms with van der Waals surface area (Å²) in [6.07, 6.45) is 15.3. The minimum absolute atomic E-state index is 0.0831. The number of fused-ring (bicyclic) bond motifs is 5. The molecule has 30 heavy (non-hydrogen) atoms. The maximum absolute atomic E-state index is 11.8. The van der Waals surface area contributed by atoms with Crippen molar-refractivity contribution in [2.45, 2.75) is 118 Å². The molecular formula is C27H47NO2. The number of nitro groups is 1. The average Bonchev–Trinajstić information content (AvgIpc) is 3.03. The molecule has 4 rings (SSSR count). The van der Waals surface area contributed by atoms with E-state index in [2.05, 4.69) is 34.6 Å². The van der Waals surface area contributed by atoms with Gasteiger partial charge in [0.1, 0.15) is 0 Å². The van der Waals surface area contributed by atoms with Crippen LogP contribution in [0.25, 0.3) is 0 Å². The van der Waals surface area contributed by atoms with E-state index in [1.807, 2.05) is 0 Å². The Labute approximate surface area is 185 Å². The minimum atomic E-state index is -0.268. The van der Waals surface area contributed by atoms with Gasteiger partial charge in [0, 0.05) is 17.3 Å². The van der Waals surface area contributed by atoms with Gasteiger partial charge in [0.05, 0.1) is 0 Å². The molecule has 0 aromatic heterocycles. The number of rotatable bonds is 6. The highest BCUT2D eigenvalue weighted by Crippen LogP contribution is 2.68. The lowest BCUT2D eigenvalue weighted by Gasteiger charge is -2.60. The fourth-order valence-corrected chi connectivity index (χ4v) is 9.66. The SMILES string of the molecule is CC(C)CCC[C@@H](C)[C@@H]1CC[C@@H]2[C@@H]3CC[C@H]4[C@H]([N+](=O)[O-])CCC[C@]4(C)[C@H]3CC[C@]21C. The second kappa shape index (κ2) is 8.39. The van der Waals surface area contributed by atoms with Gasteiger partial charge in [-0.15, -0.1) is 0 Å². The highest BCUT2D eigenvalue weighted by molar-refractivity contribution is 5.10. The van der Waals surface area contributed by atoms with E-state index < -0.39 is 0 Å². The van der Waals surface area contributed by atoms with Crippen molar-refractivity contribution < 1.29 is 4.92 Å². The first kappa shape index (κ1) is 22.6. The van der Waals surface area contributed by atoms with Gasteiger partial charge in [0.25, 0.3) is 0 Å². The molecule has 0 aliphatic heterocycles. The first-order valence-corrected chi connectivity index (χ1v) is 13.3. The third-order valence-electron chi connectivity index (χ3n) is 11.1. The van der Waals surface area contributed by atoms with Crippen molar-refractivity contribution in [3.8, 4) is 0 Å². The van der Waals surface area contributed by atoms with E-state index in [0.29, 0.717) is 11.3 Å². The molecule has 0 aromatic rings. The fraction of sp³-hybridized carbons (Fsp3) is 1.00. The van der Waals surface area contributed by atoms with Gasteiger partial charge in [-0.25, -0.2) is 0 Å². The van der Waals surface area contributed by atoms with E-state index in [-0.39, 0.29) is 16.4 Å². The molecular weight excluding hydrogens is 370 g/mol. The molecule has 0 saturated heterocycles. The lowest BCUT2D eigenvalue weighted by atomic mass is 9.44. The van der Waals surface area contributed by atoms with E-state index in [1.165, 1.54) is 57.8 Å². The molecule has 9 atom stereocenters. The van der Waals surface area contributed by atoms with Gasteiger partial charge in [-0.05, 0) is 97.7 Å². The Morgan fingerprint density at radius 2 is 1.57 bits per heavy atom. The van der Waals surface area contributed by atoms with Crippen LogP contribution in [0.3, 0.4) is 0 Å². The predicted molar refractivity (Wildman–Crippen MR) is 124 cm³/mol. The van der Waals surface area contributed by atoms with Crippen LogP contribution in [0.2, 0.25) is 0 Å². The first-order valence-electron chi connectivity index (χ1n) is 13.3.